The molecular formula is C20H22N4O3S2. The lowest BCUT2D eigenvalue weighted by Gasteiger charge is -2.32. The van der Waals surface area contributed by atoms with Crippen LogP contribution in [0.25, 0.3) is 11.3 Å². The SMILES string of the molecule is COc1ccccc1-c1csc(C2CCN(c3ncccc3S(N)(=O)=O)CC2)n1. The predicted molar refractivity (Wildman–Crippen MR) is 114 cm³/mol. The van der Waals surface area contributed by atoms with E-state index in [0.717, 1.165) is 34.9 Å². The van der Waals surface area contributed by atoms with Gasteiger partial charge in [0.2, 0.25) is 10.0 Å². The summed E-state index contributed by atoms with van der Waals surface area (Å²) in [6, 6.07) is 11.0. The summed E-state index contributed by atoms with van der Waals surface area (Å²) in [6.45, 7) is 1.40. The van der Waals surface area contributed by atoms with Crippen LogP contribution in [0.2, 0.25) is 0 Å². The largest absolute Gasteiger partial charge is 0.496 e. The first kappa shape index (κ1) is 19.8. The van der Waals surface area contributed by atoms with Crippen LogP contribution in [0.15, 0.2) is 52.9 Å². The van der Waals surface area contributed by atoms with Crippen molar-refractivity contribution >= 4 is 27.2 Å². The second-order valence-electron chi connectivity index (χ2n) is 6.90. The Kier molecular flexibility index (Phi) is 5.53. The van der Waals surface area contributed by atoms with Crippen molar-refractivity contribution in [2.24, 2.45) is 5.14 Å². The van der Waals surface area contributed by atoms with Crippen molar-refractivity contribution in [1.29, 1.82) is 0 Å². The fourth-order valence-electron chi connectivity index (χ4n) is 3.64. The highest BCUT2D eigenvalue weighted by molar-refractivity contribution is 7.89. The Balaban J connectivity index is 1.50. The van der Waals surface area contributed by atoms with Crippen LogP contribution in [0.5, 0.6) is 5.75 Å². The summed E-state index contributed by atoms with van der Waals surface area (Å²) in [4.78, 5) is 11.2. The molecule has 7 nitrogen and oxygen atoms in total. The highest BCUT2D eigenvalue weighted by Crippen LogP contribution is 2.36. The molecule has 0 bridgehead atoms. The molecule has 1 saturated heterocycles. The van der Waals surface area contributed by atoms with E-state index in [1.54, 1.807) is 30.7 Å². The molecule has 3 heterocycles. The number of para-hydroxylation sites is 1. The summed E-state index contributed by atoms with van der Waals surface area (Å²) in [5.41, 5.74) is 1.91. The van der Waals surface area contributed by atoms with Crippen molar-refractivity contribution in [3.63, 3.8) is 0 Å². The van der Waals surface area contributed by atoms with Gasteiger partial charge in [-0.25, -0.2) is 23.5 Å². The molecule has 2 N–H and O–H groups in total. The molecule has 1 aromatic carbocycles. The number of sulfonamides is 1. The first-order chi connectivity index (χ1) is 14.0. The number of anilines is 1. The van der Waals surface area contributed by atoms with Crippen molar-refractivity contribution in [2.45, 2.75) is 23.7 Å². The van der Waals surface area contributed by atoms with Gasteiger partial charge in [-0.1, -0.05) is 12.1 Å². The van der Waals surface area contributed by atoms with E-state index in [1.807, 2.05) is 29.2 Å². The molecule has 152 valence electrons. The molecule has 1 fully saturated rings. The fourth-order valence-corrected chi connectivity index (χ4v) is 5.33. The molecule has 0 atom stereocenters. The Morgan fingerprint density at radius 3 is 2.66 bits per heavy atom. The van der Waals surface area contributed by atoms with Crippen LogP contribution in [-0.4, -0.2) is 38.6 Å². The van der Waals surface area contributed by atoms with Gasteiger partial charge >= 0.3 is 0 Å². The number of aromatic nitrogens is 2. The van der Waals surface area contributed by atoms with Crippen molar-refractivity contribution < 1.29 is 13.2 Å². The molecule has 0 radical (unpaired) electrons. The average Bonchev–Trinajstić information content (AvgIpc) is 3.23. The first-order valence-electron chi connectivity index (χ1n) is 9.29. The number of pyridine rings is 1. The highest BCUT2D eigenvalue weighted by Gasteiger charge is 2.27. The quantitative estimate of drug-likeness (QED) is 0.667. The molecule has 0 aliphatic carbocycles. The summed E-state index contributed by atoms with van der Waals surface area (Å²) < 4.78 is 29.2. The molecule has 0 unspecified atom stereocenters. The molecule has 0 saturated carbocycles. The Labute approximate surface area is 174 Å². The van der Waals surface area contributed by atoms with Crippen LogP contribution in [-0.2, 0) is 10.0 Å². The van der Waals surface area contributed by atoms with Gasteiger partial charge < -0.3 is 9.64 Å². The summed E-state index contributed by atoms with van der Waals surface area (Å²) >= 11 is 1.66. The molecule has 0 spiro atoms. The van der Waals surface area contributed by atoms with Gasteiger partial charge in [0, 0.05) is 36.1 Å². The number of thiazole rings is 1. The van der Waals surface area contributed by atoms with Crippen LogP contribution in [0, 0.1) is 0 Å². The Hall–Kier alpha value is -2.49. The summed E-state index contributed by atoms with van der Waals surface area (Å²) in [5.74, 6) is 1.58. The van der Waals surface area contributed by atoms with Crippen LogP contribution in [0.1, 0.15) is 23.8 Å². The van der Waals surface area contributed by atoms with E-state index in [9.17, 15) is 8.42 Å². The minimum absolute atomic E-state index is 0.0751. The molecule has 0 amide bonds. The molecule has 3 aromatic rings. The summed E-state index contributed by atoms with van der Waals surface area (Å²) in [7, 11) is -2.15. The van der Waals surface area contributed by atoms with Gasteiger partial charge in [-0.3, -0.25) is 0 Å². The maximum atomic E-state index is 11.9. The third kappa shape index (κ3) is 4.12. The van der Waals surface area contributed by atoms with Gasteiger partial charge in [-0.2, -0.15) is 0 Å². The van der Waals surface area contributed by atoms with Gasteiger partial charge in [0.05, 0.1) is 17.8 Å². The van der Waals surface area contributed by atoms with E-state index >= 15 is 0 Å². The maximum Gasteiger partial charge on any atom is 0.241 e. The van der Waals surface area contributed by atoms with Crippen LogP contribution in [0.3, 0.4) is 0 Å². The average molecular weight is 431 g/mol. The summed E-state index contributed by atoms with van der Waals surface area (Å²) in [6.07, 6.45) is 3.34. The van der Waals surface area contributed by atoms with Crippen molar-refractivity contribution in [3.05, 3.63) is 53.0 Å². The van der Waals surface area contributed by atoms with Crippen molar-refractivity contribution in [2.75, 3.05) is 25.1 Å². The molecule has 1 aliphatic heterocycles. The molecule has 4 rings (SSSR count). The predicted octanol–water partition coefficient (Wildman–Crippen LogP) is 3.25. The molecule has 2 aromatic heterocycles. The van der Waals surface area contributed by atoms with Crippen LogP contribution < -0.4 is 14.8 Å². The number of rotatable bonds is 5. The van der Waals surface area contributed by atoms with E-state index in [-0.39, 0.29) is 4.90 Å². The Morgan fingerprint density at radius 1 is 1.17 bits per heavy atom. The van der Waals surface area contributed by atoms with E-state index < -0.39 is 10.0 Å². The van der Waals surface area contributed by atoms with E-state index in [2.05, 4.69) is 10.4 Å². The lowest BCUT2D eigenvalue weighted by Crippen LogP contribution is -2.35. The standard InChI is InChI=1S/C20H22N4O3S2/c1-27-17-6-3-2-5-15(17)16-13-28-20(23-16)14-8-11-24(12-9-14)19-18(29(21,25)26)7-4-10-22-19/h2-7,10,13-14H,8-9,11-12H2,1H3,(H2,21,25,26). The molecule has 9 heteroatoms. The Bertz CT molecular complexity index is 1110. The highest BCUT2D eigenvalue weighted by atomic mass is 32.2. The van der Waals surface area contributed by atoms with Crippen molar-refractivity contribution in [3.8, 4) is 17.0 Å². The van der Waals surface area contributed by atoms with E-state index in [4.69, 9.17) is 14.9 Å². The lowest BCUT2D eigenvalue weighted by molar-refractivity contribution is 0.416. The monoisotopic (exact) mass is 430 g/mol. The van der Waals surface area contributed by atoms with Gasteiger partial charge in [0.25, 0.3) is 0 Å². The zero-order valence-electron chi connectivity index (χ0n) is 16.0. The number of nitrogens with zero attached hydrogens (tertiary/aromatic N) is 3. The second-order valence-corrected chi connectivity index (χ2v) is 9.32. The number of methoxy groups -OCH3 is 1. The zero-order valence-corrected chi connectivity index (χ0v) is 17.6. The van der Waals surface area contributed by atoms with Crippen LogP contribution in [0.4, 0.5) is 5.82 Å². The Morgan fingerprint density at radius 2 is 1.93 bits per heavy atom. The fraction of sp³-hybridized carbons (Fsp3) is 0.300. The zero-order chi connectivity index (χ0) is 20.4. The minimum Gasteiger partial charge on any atom is -0.496 e. The smallest absolute Gasteiger partial charge is 0.241 e. The molecule has 29 heavy (non-hydrogen) atoms. The number of benzene rings is 1. The second kappa shape index (κ2) is 8.10. The van der Waals surface area contributed by atoms with Gasteiger partial charge in [-0.15, -0.1) is 11.3 Å². The number of hydrogen-bond acceptors (Lipinski definition) is 7. The van der Waals surface area contributed by atoms with E-state index in [0.29, 0.717) is 24.8 Å². The third-order valence-electron chi connectivity index (χ3n) is 5.11. The number of primary sulfonamides is 1. The minimum atomic E-state index is -3.81. The summed E-state index contributed by atoms with van der Waals surface area (Å²) in [5, 5.41) is 8.51. The van der Waals surface area contributed by atoms with Gasteiger partial charge in [0.15, 0.2) is 0 Å². The lowest BCUT2D eigenvalue weighted by atomic mass is 9.97. The molecular weight excluding hydrogens is 408 g/mol. The van der Waals surface area contributed by atoms with Crippen molar-refractivity contribution in [1.82, 2.24) is 9.97 Å². The van der Waals surface area contributed by atoms with E-state index in [1.165, 1.54) is 6.07 Å². The number of nitrogens with two attached hydrogens (primary N) is 1. The van der Waals surface area contributed by atoms with Gasteiger partial charge in [0.1, 0.15) is 16.5 Å². The normalized spacial score (nSPS) is 15.4. The van der Waals surface area contributed by atoms with Gasteiger partial charge in [-0.05, 0) is 37.1 Å². The number of ether oxygens (including phenoxy) is 1. The third-order valence-corrected chi connectivity index (χ3v) is 7.04. The first-order valence-corrected chi connectivity index (χ1v) is 11.7. The maximum absolute atomic E-state index is 11.9. The topological polar surface area (TPSA) is 98.4 Å². The number of hydrogen-bond donors (Lipinski definition) is 1. The molecule has 1 aliphatic rings. The van der Waals surface area contributed by atoms with Crippen LogP contribution >= 0.6 is 11.3 Å². The number of piperidine rings is 1.